The third kappa shape index (κ3) is 6.94. The molecule has 1 aliphatic heterocycles. The van der Waals surface area contributed by atoms with Crippen molar-refractivity contribution in [3.63, 3.8) is 0 Å². The summed E-state index contributed by atoms with van der Waals surface area (Å²) in [5.41, 5.74) is 3.53. The molecular weight excluding hydrogens is 537 g/mol. The number of hydrogen-bond acceptors (Lipinski definition) is 7. The topological polar surface area (TPSA) is 89.5 Å². The maximum Gasteiger partial charge on any atom is 0.278 e. The molecule has 9 nitrogen and oxygen atoms in total. The van der Waals surface area contributed by atoms with Crippen LogP contribution in [0.3, 0.4) is 0 Å². The van der Waals surface area contributed by atoms with Crippen LogP contribution in [0.25, 0.3) is 23.0 Å². The molecule has 5 rings (SSSR count). The molecule has 3 heterocycles. The Morgan fingerprint density at radius 1 is 1.05 bits per heavy atom. The van der Waals surface area contributed by atoms with Crippen LogP contribution >= 0.6 is 0 Å². The molecule has 12 heteroatoms. The molecule has 4 aromatic rings. The van der Waals surface area contributed by atoms with E-state index in [1.807, 2.05) is 41.0 Å². The van der Waals surface area contributed by atoms with E-state index in [0.29, 0.717) is 61.9 Å². The second-order valence-electron chi connectivity index (χ2n) is 9.80. The predicted molar refractivity (Wildman–Crippen MR) is 146 cm³/mol. The molecule has 1 fully saturated rings. The molecule has 0 radical (unpaired) electrons. The SMILES string of the molecule is Cc1cc(-c2nc(-c3ccc(OC(F)CCF)cc3)no2)nn1Cc1cccc(C(=O)N2CCN(CCF)CC2)c1. The number of piperazine rings is 1. The maximum atomic E-state index is 13.5. The van der Waals surface area contributed by atoms with Crippen molar-refractivity contribution in [2.75, 3.05) is 46.1 Å². The van der Waals surface area contributed by atoms with E-state index < -0.39 is 13.0 Å². The number of benzene rings is 2. The summed E-state index contributed by atoms with van der Waals surface area (Å²) in [6.45, 7) is 4.08. The first-order chi connectivity index (χ1) is 19.9. The Labute approximate surface area is 235 Å². The average molecular weight is 569 g/mol. The van der Waals surface area contributed by atoms with Crippen molar-refractivity contribution in [3.8, 4) is 28.7 Å². The second kappa shape index (κ2) is 13.0. The van der Waals surface area contributed by atoms with Crippen LogP contribution in [0.5, 0.6) is 5.75 Å². The molecule has 216 valence electrons. The van der Waals surface area contributed by atoms with E-state index in [4.69, 9.17) is 9.26 Å². The van der Waals surface area contributed by atoms with Crippen molar-refractivity contribution < 1.29 is 27.2 Å². The highest BCUT2D eigenvalue weighted by molar-refractivity contribution is 5.94. The zero-order valence-electron chi connectivity index (χ0n) is 22.7. The van der Waals surface area contributed by atoms with Gasteiger partial charge in [-0.05, 0) is 55.0 Å². The molecule has 0 aliphatic carbocycles. The summed E-state index contributed by atoms with van der Waals surface area (Å²) in [4.78, 5) is 21.4. The van der Waals surface area contributed by atoms with Crippen LogP contribution in [0.2, 0.25) is 0 Å². The highest BCUT2D eigenvalue weighted by atomic mass is 19.2. The van der Waals surface area contributed by atoms with Gasteiger partial charge in [-0.25, -0.2) is 8.78 Å². The van der Waals surface area contributed by atoms with Gasteiger partial charge in [0, 0.05) is 56.0 Å². The summed E-state index contributed by atoms with van der Waals surface area (Å²) in [7, 11) is 0. The van der Waals surface area contributed by atoms with Gasteiger partial charge in [0.15, 0.2) is 5.69 Å². The van der Waals surface area contributed by atoms with Gasteiger partial charge in [0.05, 0.1) is 13.2 Å². The molecule has 0 bridgehead atoms. The zero-order chi connectivity index (χ0) is 28.8. The Kier molecular flexibility index (Phi) is 8.98. The quantitative estimate of drug-likeness (QED) is 0.259. The van der Waals surface area contributed by atoms with Gasteiger partial charge in [0.1, 0.15) is 12.4 Å². The van der Waals surface area contributed by atoms with Crippen LogP contribution in [0.4, 0.5) is 13.2 Å². The normalized spacial score (nSPS) is 14.8. The first kappa shape index (κ1) is 28.3. The van der Waals surface area contributed by atoms with Crippen LogP contribution in [-0.4, -0.2) is 88.1 Å². The number of carbonyl (C=O) groups is 1. The summed E-state index contributed by atoms with van der Waals surface area (Å²) in [5.74, 6) is 0.808. The van der Waals surface area contributed by atoms with Crippen molar-refractivity contribution in [1.29, 1.82) is 0 Å². The van der Waals surface area contributed by atoms with Gasteiger partial charge in [-0.3, -0.25) is 18.8 Å². The minimum atomic E-state index is -1.71. The number of aryl methyl sites for hydroxylation is 1. The lowest BCUT2D eigenvalue weighted by Gasteiger charge is -2.34. The number of alkyl halides is 3. The molecule has 41 heavy (non-hydrogen) atoms. The molecule has 2 aromatic heterocycles. The van der Waals surface area contributed by atoms with E-state index >= 15 is 0 Å². The molecule has 0 saturated carbocycles. The third-order valence-electron chi connectivity index (χ3n) is 6.91. The largest absolute Gasteiger partial charge is 0.460 e. The Balaban J connectivity index is 1.24. The summed E-state index contributed by atoms with van der Waals surface area (Å²) in [6.07, 6.45) is -2.04. The van der Waals surface area contributed by atoms with Crippen LogP contribution in [-0.2, 0) is 6.54 Å². The van der Waals surface area contributed by atoms with Gasteiger partial charge in [-0.1, -0.05) is 17.3 Å². The number of rotatable bonds is 11. The van der Waals surface area contributed by atoms with Crippen molar-refractivity contribution in [1.82, 2.24) is 29.7 Å². The molecule has 1 unspecified atom stereocenters. The number of hydrogen-bond donors (Lipinski definition) is 0. The van der Waals surface area contributed by atoms with E-state index in [2.05, 4.69) is 15.2 Å². The molecule has 1 atom stereocenters. The van der Waals surface area contributed by atoms with Gasteiger partial charge in [-0.15, -0.1) is 0 Å². The predicted octanol–water partition coefficient (Wildman–Crippen LogP) is 4.72. The lowest BCUT2D eigenvalue weighted by molar-refractivity contribution is 0.0532. The molecular formula is C29H31F3N6O3. The van der Waals surface area contributed by atoms with Crippen LogP contribution in [0.15, 0.2) is 59.1 Å². The van der Waals surface area contributed by atoms with E-state index in [1.165, 1.54) is 0 Å². The lowest BCUT2D eigenvalue weighted by Crippen LogP contribution is -2.49. The lowest BCUT2D eigenvalue weighted by atomic mass is 10.1. The van der Waals surface area contributed by atoms with Crippen molar-refractivity contribution in [2.24, 2.45) is 0 Å². The highest BCUT2D eigenvalue weighted by Gasteiger charge is 2.22. The Morgan fingerprint density at radius 2 is 1.83 bits per heavy atom. The standard InChI is InChI=1S/C29H31F3N6O3/c1-20-17-25(28-33-27(35-41-28)22-5-7-24(8-6-22)40-26(32)9-10-30)34-38(20)19-21-3-2-4-23(18-21)29(39)37-15-13-36(12-11-31)14-16-37/h2-8,17-18,26H,9-16,19H2,1H3. The number of aromatic nitrogens is 4. The number of amides is 1. The monoisotopic (exact) mass is 568 g/mol. The number of carbonyl (C=O) groups excluding carboxylic acids is 1. The molecule has 2 aromatic carbocycles. The second-order valence-corrected chi connectivity index (χ2v) is 9.80. The molecule has 1 aliphatic rings. The Bertz CT molecular complexity index is 1450. The van der Waals surface area contributed by atoms with Gasteiger partial charge < -0.3 is 14.2 Å². The van der Waals surface area contributed by atoms with Crippen molar-refractivity contribution in [3.05, 3.63) is 71.4 Å². The van der Waals surface area contributed by atoms with E-state index in [-0.39, 0.29) is 30.6 Å². The summed E-state index contributed by atoms with van der Waals surface area (Å²) in [5, 5.41) is 8.67. The Morgan fingerprint density at radius 3 is 2.56 bits per heavy atom. The minimum Gasteiger partial charge on any atom is -0.460 e. The van der Waals surface area contributed by atoms with E-state index in [9.17, 15) is 18.0 Å². The summed E-state index contributed by atoms with van der Waals surface area (Å²) >= 11 is 0. The molecule has 1 saturated heterocycles. The van der Waals surface area contributed by atoms with E-state index in [1.54, 1.807) is 35.0 Å². The van der Waals surface area contributed by atoms with Crippen LogP contribution in [0, 0.1) is 6.92 Å². The van der Waals surface area contributed by atoms with Gasteiger partial charge >= 0.3 is 0 Å². The zero-order valence-corrected chi connectivity index (χ0v) is 22.7. The van der Waals surface area contributed by atoms with Gasteiger partial charge in [-0.2, -0.15) is 10.1 Å². The molecule has 0 N–H and O–H groups in total. The van der Waals surface area contributed by atoms with E-state index in [0.717, 1.165) is 11.3 Å². The molecule has 0 spiro atoms. The maximum absolute atomic E-state index is 13.5. The van der Waals surface area contributed by atoms with Crippen LogP contribution in [0.1, 0.15) is 28.0 Å². The number of nitrogens with zero attached hydrogens (tertiary/aromatic N) is 6. The highest BCUT2D eigenvalue weighted by Crippen LogP contribution is 2.25. The van der Waals surface area contributed by atoms with Gasteiger partial charge in [0.2, 0.25) is 12.2 Å². The first-order valence-corrected chi connectivity index (χ1v) is 13.5. The smallest absolute Gasteiger partial charge is 0.278 e. The fraction of sp³-hybridized carbons (Fsp3) is 0.379. The summed E-state index contributed by atoms with van der Waals surface area (Å²) in [6, 6.07) is 15.8. The molecule has 1 amide bonds. The Hall–Kier alpha value is -4.19. The fourth-order valence-corrected chi connectivity index (χ4v) is 4.65. The van der Waals surface area contributed by atoms with Gasteiger partial charge in [0.25, 0.3) is 11.8 Å². The minimum absolute atomic E-state index is 0.0353. The average Bonchev–Trinajstić information content (AvgIpc) is 3.61. The summed E-state index contributed by atoms with van der Waals surface area (Å²) < 4.78 is 50.7. The fourth-order valence-electron chi connectivity index (χ4n) is 4.65. The number of halogens is 3. The first-order valence-electron chi connectivity index (χ1n) is 13.5. The van der Waals surface area contributed by atoms with Crippen molar-refractivity contribution >= 4 is 5.91 Å². The van der Waals surface area contributed by atoms with Crippen LogP contribution < -0.4 is 4.74 Å². The number of ether oxygens (including phenoxy) is 1. The van der Waals surface area contributed by atoms with Crippen molar-refractivity contribution in [2.45, 2.75) is 26.2 Å². The third-order valence-corrected chi connectivity index (χ3v) is 6.91.